The fraction of sp³-hybridized carbons (Fsp3) is 0.688. The van der Waals surface area contributed by atoms with E-state index >= 15 is 0 Å². The topological polar surface area (TPSA) is 33.1 Å². The van der Waals surface area contributed by atoms with Gasteiger partial charge in [0.2, 0.25) is 0 Å². The highest BCUT2D eigenvalue weighted by Crippen LogP contribution is 2.71. The summed E-state index contributed by atoms with van der Waals surface area (Å²) in [6.07, 6.45) is 7.25. The lowest BCUT2D eigenvalue weighted by molar-refractivity contribution is -0.151. The second kappa shape index (κ2) is 3.36. The smallest absolute Gasteiger partial charge is 0.102 e. The maximum Gasteiger partial charge on any atom is 0.102 e. The molecule has 0 radical (unpaired) electrons. The molecule has 2 nitrogen and oxygen atoms in total. The summed E-state index contributed by atoms with van der Waals surface area (Å²) >= 11 is 0. The van der Waals surface area contributed by atoms with E-state index in [9.17, 15) is 5.11 Å². The Bertz CT molecular complexity index is 489. The van der Waals surface area contributed by atoms with Gasteiger partial charge < -0.3 is 5.11 Å². The first-order valence-corrected chi connectivity index (χ1v) is 6.96. The maximum absolute atomic E-state index is 11.5. The van der Waals surface area contributed by atoms with E-state index in [0.29, 0.717) is 5.92 Å². The average Bonchev–Trinajstić information content (AvgIpc) is 2.77. The molecule has 2 aliphatic carbocycles. The Hall–Kier alpha value is -0.890. The second-order valence-corrected chi connectivity index (χ2v) is 7.18. The van der Waals surface area contributed by atoms with Crippen molar-refractivity contribution >= 4 is 0 Å². The Morgan fingerprint density at radius 1 is 1.28 bits per heavy atom. The van der Waals surface area contributed by atoms with Crippen molar-refractivity contribution in [3.8, 4) is 0 Å². The lowest BCUT2D eigenvalue weighted by Gasteiger charge is -2.51. The van der Waals surface area contributed by atoms with E-state index in [1.807, 2.05) is 19.3 Å². The van der Waals surface area contributed by atoms with E-state index in [4.69, 9.17) is 0 Å². The minimum absolute atomic E-state index is 0.0106. The molecular weight excluding hydrogens is 222 g/mol. The van der Waals surface area contributed by atoms with Crippen molar-refractivity contribution in [1.29, 1.82) is 0 Å². The van der Waals surface area contributed by atoms with Gasteiger partial charge in [-0.25, -0.2) is 0 Å². The van der Waals surface area contributed by atoms with Crippen LogP contribution in [0.5, 0.6) is 0 Å². The molecule has 1 N–H and O–H groups in total. The normalized spacial score (nSPS) is 41.3. The Labute approximate surface area is 109 Å². The predicted octanol–water partition coefficient (Wildman–Crippen LogP) is 3.42. The number of pyridine rings is 1. The molecule has 98 valence electrons. The lowest BCUT2D eigenvalue weighted by atomic mass is 9.58. The molecule has 2 heteroatoms. The molecule has 0 aliphatic heterocycles. The van der Waals surface area contributed by atoms with Gasteiger partial charge in [0.1, 0.15) is 5.60 Å². The first kappa shape index (κ1) is 12.2. The van der Waals surface area contributed by atoms with E-state index in [2.05, 4.69) is 31.8 Å². The molecule has 0 saturated heterocycles. The first-order valence-electron chi connectivity index (χ1n) is 6.96. The van der Waals surface area contributed by atoms with E-state index in [0.717, 1.165) is 24.0 Å². The number of hydrogen-bond donors (Lipinski definition) is 1. The molecule has 3 rings (SSSR count). The van der Waals surface area contributed by atoms with Crippen molar-refractivity contribution in [2.45, 2.75) is 52.6 Å². The zero-order valence-corrected chi connectivity index (χ0v) is 11.8. The van der Waals surface area contributed by atoms with Crippen LogP contribution in [-0.4, -0.2) is 10.1 Å². The number of aliphatic hydroxyl groups is 1. The number of aryl methyl sites for hydroxylation is 1. The summed E-state index contributed by atoms with van der Waals surface area (Å²) in [5.41, 5.74) is 1.36. The third kappa shape index (κ3) is 1.20. The Kier molecular flexibility index (Phi) is 2.27. The summed E-state index contributed by atoms with van der Waals surface area (Å²) in [5.74, 6) is 0.632. The highest BCUT2D eigenvalue weighted by Gasteiger charge is 2.69. The third-order valence-corrected chi connectivity index (χ3v) is 5.86. The fourth-order valence-electron chi connectivity index (χ4n) is 4.73. The standard InChI is InChI=1S/C16H23NO/c1-11-7-13(10-17-9-11)16(18)14(2,3)12-5-6-15(16,4)8-12/h7,9-10,12,18H,5-6,8H2,1-4H3. The minimum Gasteiger partial charge on any atom is -0.384 e. The number of aromatic nitrogens is 1. The molecule has 2 aliphatic rings. The Morgan fingerprint density at radius 2 is 2.00 bits per heavy atom. The molecule has 2 fully saturated rings. The van der Waals surface area contributed by atoms with Crippen molar-refractivity contribution in [2.24, 2.45) is 16.7 Å². The van der Waals surface area contributed by atoms with Gasteiger partial charge in [0.15, 0.2) is 0 Å². The van der Waals surface area contributed by atoms with Crippen LogP contribution >= 0.6 is 0 Å². The fourth-order valence-corrected chi connectivity index (χ4v) is 4.73. The van der Waals surface area contributed by atoms with E-state index < -0.39 is 5.60 Å². The van der Waals surface area contributed by atoms with Gasteiger partial charge in [-0.2, -0.15) is 0 Å². The SMILES string of the molecule is Cc1cncc(C2(O)C3(C)CCC(C3)C2(C)C)c1. The van der Waals surface area contributed by atoms with Gasteiger partial charge in [0.25, 0.3) is 0 Å². The number of fused-ring (bicyclic) bond motifs is 2. The molecule has 1 aromatic heterocycles. The summed E-state index contributed by atoms with van der Waals surface area (Å²) in [4.78, 5) is 4.29. The summed E-state index contributed by atoms with van der Waals surface area (Å²) < 4.78 is 0. The number of rotatable bonds is 1. The van der Waals surface area contributed by atoms with Crippen LogP contribution in [0, 0.1) is 23.7 Å². The molecule has 0 aromatic carbocycles. The van der Waals surface area contributed by atoms with Crippen LogP contribution in [0.15, 0.2) is 18.5 Å². The Balaban J connectivity index is 2.19. The zero-order chi connectivity index (χ0) is 13.2. The van der Waals surface area contributed by atoms with E-state index in [-0.39, 0.29) is 10.8 Å². The van der Waals surface area contributed by atoms with E-state index in [1.165, 1.54) is 6.42 Å². The molecule has 0 amide bonds. The van der Waals surface area contributed by atoms with E-state index in [1.54, 1.807) is 0 Å². The van der Waals surface area contributed by atoms with Crippen LogP contribution in [0.3, 0.4) is 0 Å². The van der Waals surface area contributed by atoms with Gasteiger partial charge in [0, 0.05) is 28.8 Å². The molecule has 1 heterocycles. The van der Waals surface area contributed by atoms with Gasteiger partial charge >= 0.3 is 0 Å². The summed E-state index contributed by atoms with van der Waals surface area (Å²) in [6, 6.07) is 2.11. The third-order valence-electron chi connectivity index (χ3n) is 5.86. The molecule has 0 spiro atoms. The predicted molar refractivity (Wildman–Crippen MR) is 72.1 cm³/mol. The molecule has 3 atom stereocenters. The maximum atomic E-state index is 11.5. The minimum atomic E-state index is -0.734. The van der Waals surface area contributed by atoms with Crippen LogP contribution in [-0.2, 0) is 5.60 Å². The molecule has 2 bridgehead atoms. The van der Waals surface area contributed by atoms with Crippen LogP contribution in [0.4, 0.5) is 0 Å². The highest BCUT2D eigenvalue weighted by molar-refractivity contribution is 5.33. The Morgan fingerprint density at radius 3 is 2.56 bits per heavy atom. The summed E-state index contributed by atoms with van der Waals surface area (Å²) in [6.45, 7) is 8.75. The summed E-state index contributed by atoms with van der Waals surface area (Å²) in [5, 5.41) is 11.5. The van der Waals surface area contributed by atoms with Gasteiger partial charge in [-0.1, -0.05) is 26.8 Å². The zero-order valence-electron chi connectivity index (χ0n) is 11.8. The molecule has 2 saturated carbocycles. The highest BCUT2D eigenvalue weighted by atomic mass is 16.3. The van der Waals surface area contributed by atoms with Crippen molar-refractivity contribution in [3.05, 3.63) is 29.6 Å². The first-order chi connectivity index (χ1) is 8.31. The number of hydrogen-bond acceptors (Lipinski definition) is 2. The second-order valence-electron chi connectivity index (χ2n) is 7.18. The van der Waals surface area contributed by atoms with Crippen molar-refractivity contribution in [3.63, 3.8) is 0 Å². The molecule has 1 aromatic rings. The quantitative estimate of drug-likeness (QED) is 0.822. The van der Waals surface area contributed by atoms with Crippen molar-refractivity contribution in [1.82, 2.24) is 4.98 Å². The van der Waals surface area contributed by atoms with Crippen LogP contribution < -0.4 is 0 Å². The van der Waals surface area contributed by atoms with Gasteiger partial charge in [-0.15, -0.1) is 0 Å². The van der Waals surface area contributed by atoms with Crippen LogP contribution in [0.2, 0.25) is 0 Å². The monoisotopic (exact) mass is 245 g/mol. The van der Waals surface area contributed by atoms with Crippen LogP contribution in [0.25, 0.3) is 0 Å². The van der Waals surface area contributed by atoms with Crippen molar-refractivity contribution in [2.75, 3.05) is 0 Å². The summed E-state index contributed by atoms with van der Waals surface area (Å²) in [7, 11) is 0. The number of nitrogens with zero attached hydrogens (tertiary/aromatic N) is 1. The van der Waals surface area contributed by atoms with Crippen LogP contribution in [0.1, 0.15) is 51.2 Å². The van der Waals surface area contributed by atoms with Gasteiger partial charge in [0.05, 0.1) is 0 Å². The van der Waals surface area contributed by atoms with Crippen molar-refractivity contribution < 1.29 is 5.11 Å². The molecule has 18 heavy (non-hydrogen) atoms. The molecule has 3 unspecified atom stereocenters. The van der Waals surface area contributed by atoms with Gasteiger partial charge in [-0.3, -0.25) is 4.98 Å². The van der Waals surface area contributed by atoms with Gasteiger partial charge in [-0.05, 0) is 37.7 Å². The molecular formula is C16H23NO. The largest absolute Gasteiger partial charge is 0.384 e. The average molecular weight is 245 g/mol. The lowest BCUT2D eigenvalue weighted by Crippen LogP contribution is -2.51.